The Kier molecular flexibility index (Phi) is 5.66. The number of hydrogen-bond acceptors (Lipinski definition) is 8. The number of nitrogens with one attached hydrogen (secondary N) is 2. The van der Waals surface area contributed by atoms with Crippen molar-refractivity contribution in [2.45, 2.75) is 11.3 Å². The lowest BCUT2D eigenvalue weighted by Crippen LogP contribution is -2.15. The number of amides is 1. The van der Waals surface area contributed by atoms with Gasteiger partial charge in [0.15, 0.2) is 10.3 Å². The van der Waals surface area contributed by atoms with Gasteiger partial charge in [-0.1, -0.05) is 29.5 Å². The van der Waals surface area contributed by atoms with Crippen molar-refractivity contribution in [1.29, 1.82) is 0 Å². The van der Waals surface area contributed by atoms with E-state index in [4.69, 9.17) is 4.74 Å². The molecule has 30 heavy (non-hydrogen) atoms. The lowest BCUT2D eigenvalue weighted by atomic mass is 10.3. The average Bonchev–Trinajstić information content (AvgIpc) is 3.33. The zero-order valence-electron chi connectivity index (χ0n) is 15.7. The van der Waals surface area contributed by atoms with Gasteiger partial charge in [0, 0.05) is 5.38 Å². The molecule has 4 aromatic rings. The van der Waals surface area contributed by atoms with Gasteiger partial charge < -0.3 is 10.1 Å². The van der Waals surface area contributed by atoms with Gasteiger partial charge in [0.2, 0.25) is 5.91 Å². The molecule has 0 saturated heterocycles. The number of nitrogens with zero attached hydrogens (tertiary/aromatic N) is 2. The Bertz CT molecular complexity index is 1300. The van der Waals surface area contributed by atoms with Crippen LogP contribution in [0.3, 0.4) is 0 Å². The Hall–Kier alpha value is -3.02. The molecule has 8 nitrogen and oxygen atoms in total. The predicted octanol–water partition coefficient (Wildman–Crippen LogP) is 3.74. The summed E-state index contributed by atoms with van der Waals surface area (Å²) in [6.45, 7) is 0. The fourth-order valence-electron chi connectivity index (χ4n) is 2.62. The van der Waals surface area contributed by atoms with E-state index >= 15 is 0 Å². The van der Waals surface area contributed by atoms with Crippen molar-refractivity contribution < 1.29 is 17.9 Å². The van der Waals surface area contributed by atoms with Gasteiger partial charge in [0.25, 0.3) is 10.0 Å². The van der Waals surface area contributed by atoms with Crippen LogP contribution in [0.2, 0.25) is 0 Å². The van der Waals surface area contributed by atoms with Gasteiger partial charge in [-0.15, -0.1) is 11.3 Å². The number of benzene rings is 2. The van der Waals surface area contributed by atoms with Gasteiger partial charge in [0.05, 0.1) is 34.3 Å². The summed E-state index contributed by atoms with van der Waals surface area (Å²) in [7, 11) is -2.13. The minimum Gasteiger partial charge on any atom is -0.497 e. The van der Waals surface area contributed by atoms with Crippen LogP contribution in [0.5, 0.6) is 5.75 Å². The molecule has 0 aliphatic rings. The molecule has 2 heterocycles. The monoisotopic (exact) mass is 460 g/mol. The number of hydrogen-bond donors (Lipinski definition) is 2. The summed E-state index contributed by atoms with van der Waals surface area (Å²) in [6, 6.07) is 13.5. The molecular formula is C19H16N4O4S3. The minimum atomic E-state index is -3.72. The van der Waals surface area contributed by atoms with Crippen molar-refractivity contribution in [3.8, 4) is 5.75 Å². The number of methoxy groups -OCH3 is 1. The maximum absolute atomic E-state index is 12.4. The van der Waals surface area contributed by atoms with E-state index < -0.39 is 10.0 Å². The van der Waals surface area contributed by atoms with Crippen molar-refractivity contribution in [2.75, 3.05) is 17.1 Å². The molecule has 154 valence electrons. The van der Waals surface area contributed by atoms with Crippen LogP contribution in [0, 0.1) is 0 Å². The number of rotatable bonds is 7. The Morgan fingerprint density at radius 1 is 1.10 bits per heavy atom. The molecule has 0 spiro atoms. The highest BCUT2D eigenvalue weighted by molar-refractivity contribution is 7.93. The van der Waals surface area contributed by atoms with Crippen LogP contribution in [-0.2, 0) is 21.2 Å². The number of carbonyl (C=O) groups is 1. The number of aromatic nitrogens is 2. The van der Waals surface area contributed by atoms with Crippen molar-refractivity contribution in [3.05, 3.63) is 59.6 Å². The van der Waals surface area contributed by atoms with E-state index in [1.165, 1.54) is 23.5 Å². The molecular weight excluding hydrogens is 444 g/mol. The van der Waals surface area contributed by atoms with E-state index in [0.29, 0.717) is 10.8 Å². The summed E-state index contributed by atoms with van der Waals surface area (Å²) in [5.74, 6) is 0.431. The van der Waals surface area contributed by atoms with Crippen LogP contribution in [0.4, 0.5) is 10.3 Å². The number of sulfonamides is 1. The lowest BCUT2D eigenvalue weighted by molar-refractivity contribution is -0.115. The second-order valence-electron chi connectivity index (χ2n) is 6.14. The van der Waals surface area contributed by atoms with E-state index in [1.54, 1.807) is 36.8 Å². The number of thiazole rings is 2. The fourth-order valence-corrected chi connectivity index (χ4v) is 5.52. The first-order valence-corrected chi connectivity index (χ1v) is 11.9. The van der Waals surface area contributed by atoms with Gasteiger partial charge in [-0.05, 0) is 30.3 Å². The molecule has 0 fully saturated rings. The molecule has 0 radical (unpaired) electrons. The summed E-state index contributed by atoms with van der Waals surface area (Å²) in [4.78, 5) is 21.1. The van der Waals surface area contributed by atoms with Gasteiger partial charge in [-0.2, -0.15) is 0 Å². The third kappa shape index (κ3) is 4.58. The highest BCUT2D eigenvalue weighted by atomic mass is 32.2. The molecule has 0 atom stereocenters. The van der Waals surface area contributed by atoms with Crippen LogP contribution in [0.15, 0.2) is 58.8 Å². The summed E-state index contributed by atoms with van der Waals surface area (Å²) in [6.07, 6.45) is 0.00279. The van der Waals surface area contributed by atoms with E-state index in [2.05, 4.69) is 20.0 Å². The van der Waals surface area contributed by atoms with E-state index in [-0.39, 0.29) is 22.4 Å². The number of ether oxygens (including phenoxy) is 1. The standard InChI is InChI=1S/C19H16N4O4S3/c1-27-13-7-8-15-16(10-13)29-18(21-15)22-17(24)9-12-11-28-19(20-12)23-30(25,26)14-5-3-2-4-6-14/h2-8,10-11H,9H2,1H3,(H,20,23)(H,21,22,24). The first-order valence-electron chi connectivity index (χ1n) is 8.70. The first-order chi connectivity index (χ1) is 14.4. The summed E-state index contributed by atoms with van der Waals surface area (Å²) >= 11 is 2.46. The third-order valence-corrected chi connectivity index (χ3v) is 7.23. The zero-order valence-corrected chi connectivity index (χ0v) is 18.1. The Balaban J connectivity index is 1.40. The van der Waals surface area contributed by atoms with Gasteiger partial charge in [0.1, 0.15) is 5.75 Å². The van der Waals surface area contributed by atoms with Crippen molar-refractivity contribution in [3.63, 3.8) is 0 Å². The molecule has 0 aliphatic heterocycles. The predicted molar refractivity (Wildman–Crippen MR) is 118 cm³/mol. The molecule has 0 bridgehead atoms. The van der Waals surface area contributed by atoms with Crippen LogP contribution in [0.1, 0.15) is 5.69 Å². The zero-order chi connectivity index (χ0) is 21.1. The van der Waals surface area contributed by atoms with Gasteiger partial charge >= 0.3 is 0 Å². The van der Waals surface area contributed by atoms with Gasteiger partial charge in [-0.3, -0.25) is 9.52 Å². The van der Waals surface area contributed by atoms with E-state index in [9.17, 15) is 13.2 Å². The van der Waals surface area contributed by atoms with E-state index in [1.807, 2.05) is 12.1 Å². The number of anilines is 2. The molecule has 0 unspecified atom stereocenters. The Morgan fingerprint density at radius 3 is 2.67 bits per heavy atom. The molecule has 4 rings (SSSR count). The average molecular weight is 461 g/mol. The normalized spacial score (nSPS) is 11.4. The minimum absolute atomic E-state index is 0.00279. The van der Waals surface area contributed by atoms with E-state index in [0.717, 1.165) is 27.3 Å². The highest BCUT2D eigenvalue weighted by Gasteiger charge is 2.17. The molecule has 2 N–H and O–H groups in total. The third-order valence-electron chi connectivity index (χ3n) is 4.01. The topological polar surface area (TPSA) is 110 Å². The largest absolute Gasteiger partial charge is 0.497 e. The van der Waals surface area contributed by atoms with Crippen LogP contribution < -0.4 is 14.8 Å². The maximum atomic E-state index is 12.4. The van der Waals surface area contributed by atoms with Crippen molar-refractivity contribution >= 4 is 59.1 Å². The molecule has 1 amide bonds. The van der Waals surface area contributed by atoms with Gasteiger partial charge in [-0.25, -0.2) is 18.4 Å². The molecule has 2 aromatic heterocycles. The maximum Gasteiger partial charge on any atom is 0.263 e. The van der Waals surface area contributed by atoms with Crippen LogP contribution in [0.25, 0.3) is 10.2 Å². The number of fused-ring (bicyclic) bond motifs is 1. The summed E-state index contributed by atoms with van der Waals surface area (Å²) in [5.41, 5.74) is 1.23. The summed E-state index contributed by atoms with van der Waals surface area (Å²) < 4.78 is 33.3. The molecule has 2 aromatic carbocycles. The van der Waals surface area contributed by atoms with Crippen molar-refractivity contribution in [2.24, 2.45) is 0 Å². The Labute approximate surface area is 180 Å². The van der Waals surface area contributed by atoms with Crippen LogP contribution in [-0.4, -0.2) is 31.4 Å². The smallest absolute Gasteiger partial charge is 0.263 e. The lowest BCUT2D eigenvalue weighted by Gasteiger charge is -2.04. The molecule has 0 saturated carbocycles. The number of carbonyl (C=O) groups excluding carboxylic acids is 1. The quantitative estimate of drug-likeness (QED) is 0.435. The van der Waals surface area contributed by atoms with Crippen molar-refractivity contribution in [1.82, 2.24) is 9.97 Å². The Morgan fingerprint density at radius 2 is 1.90 bits per heavy atom. The molecule has 11 heteroatoms. The SMILES string of the molecule is COc1ccc2nc(NC(=O)Cc3csc(NS(=O)(=O)c4ccccc4)n3)sc2c1. The second-order valence-corrected chi connectivity index (χ2v) is 9.71. The summed E-state index contributed by atoms with van der Waals surface area (Å²) in [5, 5.41) is 5.08. The first kappa shape index (κ1) is 20.3. The van der Waals surface area contributed by atoms with Crippen LogP contribution >= 0.6 is 22.7 Å². The molecule has 0 aliphatic carbocycles. The highest BCUT2D eigenvalue weighted by Crippen LogP contribution is 2.29. The fraction of sp³-hybridized carbons (Fsp3) is 0.105. The second kappa shape index (κ2) is 8.38.